The maximum atomic E-state index is 12.2. The summed E-state index contributed by atoms with van der Waals surface area (Å²) < 4.78 is 1.98. The maximum absolute atomic E-state index is 12.2. The average molecular weight is 269 g/mol. The number of hydrogen-bond acceptors (Lipinski definition) is 3. The molecule has 2 aromatic heterocycles. The van der Waals surface area contributed by atoms with Crippen molar-refractivity contribution in [3.63, 3.8) is 0 Å². The maximum Gasteiger partial charge on any atom is 0.180 e. The summed E-state index contributed by atoms with van der Waals surface area (Å²) in [6.07, 6.45) is 7.10. The highest BCUT2D eigenvalue weighted by Crippen LogP contribution is 2.41. The number of rotatable bonds is 2. The first-order chi connectivity index (χ1) is 9.52. The van der Waals surface area contributed by atoms with E-state index < -0.39 is 5.60 Å². The van der Waals surface area contributed by atoms with Crippen LogP contribution < -0.4 is 4.57 Å². The van der Waals surface area contributed by atoms with Gasteiger partial charge in [0.15, 0.2) is 24.2 Å². The Hall–Kier alpha value is -2.07. The molecule has 1 unspecified atom stereocenters. The van der Waals surface area contributed by atoms with Crippen molar-refractivity contribution in [2.75, 3.05) is 0 Å². The highest BCUT2D eigenvalue weighted by Gasteiger charge is 2.44. The molecule has 4 nitrogen and oxygen atoms in total. The quantitative estimate of drug-likeness (QED) is 0.845. The second-order valence-corrected chi connectivity index (χ2v) is 5.51. The summed E-state index contributed by atoms with van der Waals surface area (Å²) in [5, 5.41) is 11.0. The fourth-order valence-electron chi connectivity index (χ4n) is 2.72. The number of fused-ring (bicyclic) bond motifs is 1. The molecule has 2 heterocycles. The smallest absolute Gasteiger partial charge is 0.180 e. The first kappa shape index (κ1) is 12.9. The van der Waals surface area contributed by atoms with E-state index in [4.69, 9.17) is 0 Å². The zero-order chi connectivity index (χ0) is 14.3. The normalized spacial score (nSPS) is 21.3. The van der Waals surface area contributed by atoms with Crippen LogP contribution in [0.3, 0.4) is 0 Å². The third-order valence-corrected chi connectivity index (χ3v) is 3.90. The third kappa shape index (κ3) is 1.84. The van der Waals surface area contributed by atoms with Crippen molar-refractivity contribution in [2.45, 2.75) is 31.9 Å². The number of carbonyl (C=O) groups excluding carboxylic acids is 1. The standard InChI is InChI=1S/C16H17N2O2/c1-11(2)18-8-5-14-13(10-18)15(19)9-16(14,20)12-3-6-17-7-4-12/h3-8,10-11,20H,9H2,1-2H3/q+1. The van der Waals surface area contributed by atoms with Crippen LogP contribution in [0, 0.1) is 0 Å². The van der Waals surface area contributed by atoms with Crippen molar-refractivity contribution in [1.82, 2.24) is 4.98 Å². The van der Waals surface area contributed by atoms with Crippen molar-refractivity contribution in [2.24, 2.45) is 0 Å². The summed E-state index contributed by atoms with van der Waals surface area (Å²) in [7, 11) is 0. The highest BCUT2D eigenvalue weighted by molar-refractivity contribution is 6.02. The van der Waals surface area contributed by atoms with Gasteiger partial charge in [-0.3, -0.25) is 9.78 Å². The van der Waals surface area contributed by atoms with E-state index in [1.165, 1.54) is 0 Å². The minimum Gasteiger partial charge on any atom is -0.380 e. The van der Waals surface area contributed by atoms with Gasteiger partial charge in [-0.25, -0.2) is 4.57 Å². The summed E-state index contributed by atoms with van der Waals surface area (Å²) in [5.41, 5.74) is 0.777. The Bertz CT molecular complexity index is 667. The topological polar surface area (TPSA) is 54.1 Å². The van der Waals surface area contributed by atoms with Crippen LogP contribution >= 0.6 is 0 Å². The van der Waals surface area contributed by atoms with E-state index in [0.29, 0.717) is 16.7 Å². The first-order valence-corrected chi connectivity index (χ1v) is 6.74. The van der Waals surface area contributed by atoms with Crippen LogP contribution in [0.25, 0.3) is 0 Å². The molecule has 0 amide bonds. The SMILES string of the molecule is CC(C)[n+]1ccc2c(c1)C(=O)CC2(O)c1ccncc1. The molecule has 0 spiro atoms. The second kappa shape index (κ2) is 4.49. The number of nitrogens with zero attached hydrogens (tertiary/aromatic N) is 2. The van der Waals surface area contributed by atoms with Crippen LogP contribution in [0.4, 0.5) is 0 Å². The fourth-order valence-corrected chi connectivity index (χ4v) is 2.72. The summed E-state index contributed by atoms with van der Waals surface area (Å²) >= 11 is 0. The lowest BCUT2D eigenvalue weighted by Crippen LogP contribution is -2.36. The molecular weight excluding hydrogens is 252 g/mol. The van der Waals surface area contributed by atoms with E-state index in [2.05, 4.69) is 18.8 Å². The van der Waals surface area contributed by atoms with Gasteiger partial charge in [0.2, 0.25) is 0 Å². The summed E-state index contributed by atoms with van der Waals surface area (Å²) in [6, 6.07) is 5.64. The van der Waals surface area contributed by atoms with Gasteiger partial charge in [-0.05, 0) is 31.5 Å². The van der Waals surface area contributed by atoms with Gasteiger partial charge in [0.05, 0.1) is 5.56 Å². The molecule has 4 heteroatoms. The van der Waals surface area contributed by atoms with Crippen LogP contribution in [0.5, 0.6) is 0 Å². The van der Waals surface area contributed by atoms with Crippen LogP contribution in [-0.2, 0) is 5.60 Å². The lowest BCUT2D eigenvalue weighted by atomic mass is 9.89. The molecule has 102 valence electrons. The van der Waals surface area contributed by atoms with Crippen molar-refractivity contribution in [3.05, 3.63) is 59.7 Å². The minimum atomic E-state index is -1.23. The van der Waals surface area contributed by atoms with Crippen LogP contribution in [0.1, 0.15) is 47.8 Å². The van der Waals surface area contributed by atoms with Gasteiger partial charge in [0.1, 0.15) is 5.60 Å². The van der Waals surface area contributed by atoms with E-state index in [0.717, 1.165) is 0 Å². The van der Waals surface area contributed by atoms with Crippen molar-refractivity contribution >= 4 is 5.78 Å². The van der Waals surface area contributed by atoms with Gasteiger partial charge in [-0.1, -0.05) is 0 Å². The third-order valence-electron chi connectivity index (χ3n) is 3.90. The molecule has 1 N–H and O–H groups in total. The predicted molar refractivity (Wildman–Crippen MR) is 73.2 cm³/mol. The predicted octanol–water partition coefficient (Wildman–Crippen LogP) is 1.77. The monoisotopic (exact) mass is 269 g/mol. The van der Waals surface area contributed by atoms with Gasteiger partial charge >= 0.3 is 0 Å². The molecule has 0 aliphatic heterocycles. The van der Waals surface area contributed by atoms with Gasteiger partial charge in [-0.15, -0.1) is 0 Å². The van der Waals surface area contributed by atoms with Crippen LogP contribution in [-0.4, -0.2) is 15.9 Å². The van der Waals surface area contributed by atoms with E-state index in [1.54, 1.807) is 24.5 Å². The highest BCUT2D eigenvalue weighted by atomic mass is 16.3. The Labute approximate surface area is 117 Å². The summed E-state index contributed by atoms with van der Waals surface area (Å²) in [6.45, 7) is 4.11. The number of pyridine rings is 2. The van der Waals surface area contributed by atoms with E-state index in [1.807, 2.05) is 23.0 Å². The van der Waals surface area contributed by atoms with Crippen molar-refractivity contribution in [1.29, 1.82) is 0 Å². The zero-order valence-corrected chi connectivity index (χ0v) is 11.6. The Kier molecular flexibility index (Phi) is 2.91. The van der Waals surface area contributed by atoms with E-state index in [-0.39, 0.29) is 18.2 Å². The molecule has 1 aliphatic carbocycles. The van der Waals surface area contributed by atoms with E-state index >= 15 is 0 Å². The molecule has 1 atom stereocenters. The zero-order valence-electron chi connectivity index (χ0n) is 11.6. The Morgan fingerprint density at radius 2 is 2.00 bits per heavy atom. The molecule has 0 saturated carbocycles. The molecule has 1 aliphatic rings. The Morgan fingerprint density at radius 3 is 2.65 bits per heavy atom. The molecule has 2 aromatic rings. The Morgan fingerprint density at radius 1 is 1.30 bits per heavy atom. The van der Waals surface area contributed by atoms with Gasteiger partial charge in [-0.2, -0.15) is 0 Å². The summed E-state index contributed by atoms with van der Waals surface area (Å²) in [5.74, 6) is -0.0192. The lowest BCUT2D eigenvalue weighted by Gasteiger charge is -2.23. The van der Waals surface area contributed by atoms with E-state index in [9.17, 15) is 9.90 Å². The molecule has 0 saturated heterocycles. The van der Waals surface area contributed by atoms with Gasteiger partial charge in [0, 0.05) is 30.4 Å². The number of Topliss-reactive ketones (excluding diaryl/α,β-unsaturated/α-hetero) is 1. The summed E-state index contributed by atoms with van der Waals surface area (Å²) in [4.78, 5) is 16.2. The number of hydrogen-bond donors (Lipinski definition) is 1. The molecule has 0 radical (unpaired) electrons. The van der Waals surface area contributed by atoms with Crippen LogP contribution in [0.15, 0.2) is 43.0 Å². The van der Waals surface area contributed by atoms with Crippen molar-refractivity contribution < 1.29 is 14.5 Å². The van der Waals surface area contributed by atoms with Gasteiger partial charge < -0.3 is 5.11 Å². The molecule has 0 aromatic carbocycles. The minimum absolute atomic E-state index is 0.0192. The Balaban J connectivity index is 2.15. The average Bonchev–Trinajstić information content (AvgIpc) is 2.72. The molecule has 3 rings (SSSR count). The fraction of sp³-hybridized carbons (Fsp3) is 0.312. The molecule has 0 bridgehead atoms. The second-order valence-electron chi connectivity index (χ2n) is 5.51. The lowest BCUT2D eigenvalue weighted by molar-refractivity contribution is -0.716. The number of aromatic nitrogens is 2. The first-order valence-electron chi connectivity index (χ1n) is 6.74. The molecule has 20 heavy (non-hydrogen) atoms. The number of aliphatic hydroxyl groups is 1. The van der Waals surface area contributed by atoms with Gasteiger partial charge in [0.25, 0.3) is 0 Å². The molecule has 0 fully saturated rings. The number of ketones is 1. The molecular formula is C16H17N2O2+. The largest absolute Gasteiger partial charge is 0.380 e. The van der Waals surface area contributed by atoms with Crippen LogP contribution in [0.2, 0.25) is 0 Å². The van der Waals surface area contributed by atoms with Crippen molar-refractivity contribution in [3.8, 4) is 0 Å². The number of carbonyl (C=O) groups is 1.